The maximum absolute atomic E-state index is 9.03. The van der Waals surface area contributed by atoms with Crippen LogP contribution >= 0.6 is 0 Å². The molecule has 0 aromatic heterocycles. The Kier molecular flexibility index (Phi) is 4.33. The van der Waals surface area contributed by atoms with Gasteiger partial charge in [-0.15, -0.1) is 0 Å². The SMILES string of the molecule is [CH2]C(CO)c1cc(C#N)cc(CCC)c1. The maximum Gasteiger partial charge on any atom is 0.0991 e. The predicted octanol–water partition coefficient (Wildman–Crippen LogP) is 2.42. The number of nitriles is 1. The molecule has 0 amide bonds. The molecule has 1 radical (unpaired) electrons. The van der Waals surface area contributed by atoms with Gasteiger partial charge in [0.15, 0.2) is 0 Å². The number of nitrogens with zero attached hydrogens (tertiary/aromatic N) is 1. The number of aryl methyl sites for hydroxylation is 1. The van der Waals surface area contributed by atoms with Gasteiger partial charge in [0, 0.05) is 12.5 Å². The molecular formula is C13H16NO. The minimum Gasteiger partial charge on any atom is -0.396 e. The lowest BCUT2D eigenvalue weighted by molar-refractivity contribution is 0.282. The van der Waals surface area contributed by atoms with Crippen LogP contribution in [-0.4, -0.2) is 11.7 Å². The van der Waals surface area contributed by atoms with Crippen molar-refractivity contribution >= 4 is 0 Å². The summed E-state index contributed by atoms with van der Waals surface area (Å²) in [6, 6.07) is 7.86. The second-order valence-corrected chi connectivity index (χ2v) is 3.70. The number of hydrogen-bond donors (Lipinski definition) is 1. The van der Waals surface area contributed by atoms with Gasteiger partial charge in [-0.3, -0.25) is 0 Å². The van der Waals surface area contributed by atoms with E-state index in [1.807, 2.05) is 12.1 Å². The van der Waals surface area contributed by atoms with Gasteiger partial charge in [0.1, 0.15) is 0 Å². The van der Waals surface area contributed by atoms with Gasteiger partial charge in [0.05, 0.1) is 11.6 Å². The quantitative estimate of drug-likeness (QED) is 0.814. The Hall–Kier alpha value is -1.33. The van der Waals surface area contributed by atoms with Crippen LogP contribution in [0.15, 0.2) is 18.2 Å². The summed E-state index contributed by atoms with van der Waals surface area (Å²) in [5.74, 6) is -0.145. The van der Waals surface area contributed by atoms with Crippen LogP contribution in [0.25, 0.3) is 0 Å². The van der Waals surface area contributed by atoms with Crippen molar-refractivity contribution in [1.29, 1.82) is 5.26 Å². The van der Waals surface area contributed by atoms with Crippen LogP contribution in [0.1, 0.15) is 36.0 Å². The number of benzene rings is 1. The summed E-state index contributed by atoms with van der Waals surface area (Å²) in [6.07, 6.45) is 2.01. The molecule has 1 aromatic rings. The van der Waals surface area contributed by atoms with Gasteiger partial charge in [0.25, 0.3) is 0 Å². The van der Waals surface area contributed by atoms with Crippen LogP contribution in [0.5, 0.6) is 0 Å². The molecule has 2 nitrogen and oxygen atoms in total. The van der Waals surface area contributed by atoms with Crippen LogP contribution in [0.2, 0.25) is 0 Å². The zero-order valence-corrected chi connectivity index (χ0v) is 9.03. The van der Waals surface area contributed by atoms with Crippen LogP contribution < -0.4 is 0 Å². The summed E-state index contributed by atoms with van der Waals surface area (Å²) in [7, 11) is 0. The lowest BCUT2D eigenvalue weighted by Crippen LogP contribution is -2.01. The zero-order chi connectivity index (χ0) is 11.3. The molecule has 1 atom stereocenters. The smallest absolute Gasteiger partial charge is 0.0991 e. The van der Waals surface area contributed by atoms with Crippen LogP contribution in [0.3, 0.4) is 0 Å². The molecule has 0 fully saturated rings. The van der Waals surface area contributed by atoms with Gasteiger partial charge in [0.2, 0.25) is 0 Å². The molecule has 0 aliphatic heterocycles. The molecule has 1 N–H and O–H groups in total. The second kappa shape index (κ2) is 5.53. The lowest BCUT2D eigenvalue weighted by Gasteiger charge is -2.10. The molecule has 2 heteroatoms. The average Bonchev–Trinajstić information content (AvgIpc) is 2.28. The molecule has 0 saturated heterocycles. The molecule has 0 bridgehead atoms. The van der Waals surface area contributed by atoms with E-state index in [1.54, 1.807) is 6.07 Å². The molecule has 1 rings (SSSR count). The number of aliphatic hydroxyl groups is 1. The fourth-order valence-electron chi connectivity index (χ4n) is 1.56. The molecule has 0 heterocycles. The van der Waals surface area contributed by atoms with Gasteiger partial charge in [-0.05, 0) is 36.6 Å². The average molecular weight is 202 g/mol. The molecule has 0 spiro atoms. The molecule has 79 valence electrons. The molecule has 0 aliphatic rings. The van der Waals surface area contributed by atoms with Crippen molar-refractivity contribution < 1.29 is 5.11 Å². The van der Waals surface area contributed by atoms with E-state index in [2.05, 4.69) is 19.9 Å². The number of rotatable bonds is 4. The molecule has 0 saturated carbocycles. The van der Waals surface area contributed by atoms with E-state index in [0.717, 1.165) is 24.0 Å². The van der Waals surface area contributed by atoms with Crippen molar-refractivity contribution in [3.8, 4) is 6.07 Å². The summed E-state index contributed by atoms with van der Waals surface area (Å²) in [5.41, 5.74) is 2.74. The van der Waals surface area contributed by atoms with E-state index in [1.165, 1.54) is 0 Å². The molecule has 1 aromatic carbocycles. The zero-order valence-electron chi connectivity index (χ0n) is 9.03. The highest BCUT2D eigenvalue weighted by molar-refractivity contribution is 5.39. The standard InChI is InChI=1S/C13H16NO/c1-3-4-11-5-12(8-14)7-13(6-11)10(2)9-15/h5-7,10,15H,2-4,9H2,1H3. The summed E-state index contributed by atoms with van der Waals surface area (Å²) >= 11 is 0. The summed E-state index contributed by atoms with van der Waals surface area (Å²) < 4.78 is 0. The van der Waals surface area contributed by atoms with Crippen LogP contribution in [0, 0.1) is 18.3 Å². The lowest BCUT2D eigenvalue weighted by atomic mass is 9.96. The van der Waals surface area contributed by atoms with Crippen molar-refractivity contribution in [2.75, 3.05) is 6.61 Å². The summed E-state index contributed by atoms with van der Waals surface area (Å²) in [6.45, 7) is 5.96. The first-order valence-electron chi connectivity index (χ1n) is 5.19. The van der Waals surface area contributed by atoms with Crippen molar-refractivity contribution in [2.24, 2.45) is 0 Å². The fraction of sp³-hybridized carbons (Fsp3) is 0.385. The monoisotopic (exact) mass is 202 g/mol. The Balaban J connectivity index is 3.06. The Labute approximate surface area is 91.2 Å². The van der Waals surface area contributed by atoms with Crippen molar-refractivity contribution in [2.45, 2.75) is 25.7 Å². The predicted molar refractivity (Wildman–Crippen MR) is 60.3 cm³/mol. The van der Waals surface area contributed by atoms with Crippen molar-refractivity contribution in [3.63, 3.8) is 0 Å². The minimum atomic E-state index is -0.145. The number of aliphatic hydroxyl groups excluding tert-OH is 1. The summed E-state index contributed by atoms with van der Waals surface area (Å²) in [4.78, 5) is 0. The first kappa shape index (κ1) is 11.7. The maximum atomic E-state index is 9.03. The van der Waals surface area contributed by atoms with E-state index in [0.29, 0.717) is 5.56 Å². The van der Waals surface area contributed by atoms with Crippen molar-refractivity contribution in [1.82, 2.24) is 0 Å². The largest absolute Gasteiger partial charge is 0.396 e. The molecule has 1 unspecified atom stereocenters. The van der Waals surface area contributed by atoms with Gasteiger partial charge in [-0.1, -0.05) is 19.4 Å². The number of hydrogen-bond acceptors (Lipinski definition) is 2. The van der Waals surface area contributed by atoms with Crippen molar-refractivity contribution in [3.05, 3.63) is 41.8 Å². The van der Waals surface area contributed by atoms with E-state index in [4.69, 9.17) is 10.4 Å². The Morgan fingerprint density at radius 2 is 2.20 bits per heavy atom. The fourth-order valence-corrected chi connectivity index (χ4v) is 1.56. The summed E-state index contributed by atoms with van der Waals surface area (Å²) in [5, 5.41) is 17.9. The van der Waals surface area contributed by atoms with E-state index >= 15 is 0 Å². The van der Waals surface area contributed by atoms with Gasteiger partial charge in [-0.2, -0.15) is 5.26 Å². The molecule has 0 aliphatic carbocycles. The highest BCUT2D eigenvalue weighted by Crippen LogP contribution is 2.19. The third kappa shape index (κ3) is 3.07. The normalized spacial score (nSPS) is 12.1. The highest BCUT2D eigenvalue weighted by atomic mass is 16.3. The van der Waals surface area contributed by atoms with Gasteiger partial charge >= 0.3 is 0 Å². The Bertz CT molecular complexity index is 365. The molecular weight excluding hydrogens is 186 g/mol. The second-order valence-electron chi connectivity index (χ2n) is 3.70. The van der Waals surface area contributed by atoms with Gasteiger partial charge < -0.3 is 5.11 Å². The van der Waals surface area contributed by atoms with Crippen LogP contribution in [0.4, 0.5) is 0 Å². The minimum absolute atomic E-state index is 0.0143. The topological polar surface area (TPSA) is 44.0 Å². The van der Waals surface area contributed by atoms with E-state index < -0.39 is 0 Å². The first-order valence-corrected chi connectivity index (χ1v) is 5.19. The van der Waals surface area contributed by atoms with E-state index in [-0.39, 0.29) is 12.5 Å². The highest BCUT2D eigenvalue weighted by Gasteiger charge is 2.07. The third-order valence-electron chi connectivity index (χ3n) is 2.37. The Morgan fingerprint density at radius 1 is 1.47 bits per heavy atom. The van der Waals surface area contributed by atoms with E-state index in [9.17, 15) is 0 Å². The van der Waals surface area contributed by atoms with Crippen LogP contribution in [-0.2, 0) is 6.42 Å². The molecule has 15 heavy (non-hydrogen) atoms. The Morgan fingerprint density at radius 3 is 2.73 bits per heavy atom. The van der Waals surface area contributed by atoms with Gasteiger partial charge in [-0.25, -0.2) is 0 Å². The first-order chi connectivity index (χ1) is 7.21. The third-order valence-corrected chi connectivity index (χ3v) is 2.37.